The second-order valence-electron chi connectivity index (χ2n) is 6.32. The smallest absolute Gasteiger partial charge is 0.224 e. The summed E-state index contributed by atoms with van der Waals surface area (Å²) in [6, 6.07) is 27.7. The maximum atomic E-state index is 12.2. The van der Waals surface area contributed by atoms with Gasteiger partial charge in [-0.15, -0.1) is 0 Å². The van der Waals surface area contributed by atoms with Crippen LogP contribution in [0.3, 0.4) is 0 Å². The van der Waals surface area contributed by atoms with Gasteiger partial charge in [-0.05, 0) is 23.6 Å². The number of amides is 1. The maximum absolute atomic E-state index is 12.2. The zero-order chi connectivity index (χ0) is 18.2. The highest BCUT2D eigenvalue weighted by atomic mass is 16.3. The van der Waals surface area contributed by atoms with Crippen LogP contribution in [0, 0.1) is 0 Å². The Kier molecular flexibility index (Phi) is 6.05. The van der Waals surface area contributed by atoms with Crippen molar-refractivity contribution in [2.24, 2.45) is 0 Å². The predicted molar refractivity (Wildman–Crippen MR) is 104 cm³/mol. The van der Waals surface area contributed by atoms with Crippen LogP contribution in [0.4, 0.5) is 0 Å². The predicted octanol–water partition coefficient (Wildman–Crippen LogP) is 4.27. The van der Waals surface area contributed by atoms with Gasteiger partial charge in [0.2, 0.25) is 5.91 Å². The molecule has 0 atom stereocenters. The van der Waals surface area contributed by atoms with E-state index in [4.69, 9.17) is 0 Å². The van der Waals surface area contributed by atoms with Crippen molar-refractivity contribution in [1.29, 1.82) is 0 Å². The third-order valence-electron chi connectivity index (χ3n) is 4.50. The molecule has 132 valence electrons. The van der Waals surface area contributed by atoms with Crippen LogP contribution >= 0.6 is 0 Å². The molecule has 1 amide bonds. The largest absolute Gasteiger partial charge is 0.508 e. The Labute approximate surface area is 154 Å². The Hall–Kier alpha value is -3.07. The fourth-order valence-electron chi connectivity index (χ4n) is 3.15. The summed E-state index contributed by atoms with van der Waals surface area (Å²) in [7, 11) is 0. The number of hydrogen-bond acceptors (Lipinski definition) is 2. The molecule has 3 aromatic rings. The summed E-state index contributed by atoms with van der Waals surface area (Å²) in [6.07, 6.45) is 1.01. The fraction of sp³-hybridized carbons (Fsp3) is 0.174. The first kappa shape index (κ1) is 17.7. The minimum atomic E-state index is -0.0774. The van der Waals surface area contributed by atoms with Gasteiger partial charge < -0.3 is 10.4 Å². The average molecular weight is 345 g/mol. The summed E-state index contributed by atoms with van der Waals surface area (Å²) >= 11 is 0. The first-order chi connectivity index (χ1) is 12.7. The summed E-state index contributed by atoms with van der Waals surface area (Å²) in [5, 5.41) is 12.8. The van der Waals surface area contributed by atoms with Gasteiger partial charge in [0.15, 0.2) is 0 Å². The molecular formula is C23H23NO2. The van der Waals surface area contributed by atoms with Gasteiger partial charge in [-0.1, -0.05) is 78.9 Å². The van der Waals surface area contributed by atoms with E-state index in [0.717, 1.165) is 6.42 Å². The molecular weight excluding hydrogens is 322 g/mol. The Balaban J connectivity index is 1.62. The second-order valence-corrected chi connectivity index (χ2v) is 6.32. The summed E-state index contributed by atoms with van der Waals surface area (Å²) < 4.78 is 0. The normalized spacial score (nSPS) is 10.7. The number of benzene rings is 3. The van der Waals surface area contributed by atoms with Crippen LogP contribution in [-0.2, 0) is 11.2 Å². The number of phenolic OH excluding ortho intramolecular Hbond substituents is 1. The number of nitrogens with one attached hydrogen (secondary N) is 1. The van der Waals surface area contributed by atoms with Crippen molar-refractivity contribution in [3.8, 4) is 5.75 Å². The zero-order valence-corrected chi connectivity index (χ0v) is 14.6. The number of carbonyl (C=O) groups excluding carboxylic acids is 1. The van der Waals surface area contributed by atoms with Gasteiger partial charge in [0.1, 0.15) is 5.75 Å². The van der Waals surface area contributed by atoms with Crippen LogP contribution in [-0.4, -0.2) is 17.6 Å². The van der Waals surface area contributed by atoms with E-state index in [0.29, 0.717) is 12.1 Å². The number of rotatable bonds is 7. The molecule has 0 unspecified atom stereocenters. The molecule has 0 aromatic heterocycles. The molecule has 0 spiro atoms. The van der Waals surface area contributed by atoms with Gasteiger partial charge in [-0.25, -0.2) is 0 Å². The number of para-hydroxylation sites is 1. The van der Waals surface area contributed by atoms with Gasteiger partial charge in [-0.2, -0.15) is 0 Å². The summed E-state index contributed by atoms with van der Waals surface area (Å²) in [6.45, 7) is 0.584. The van der Waals surface area contributed by atoms with Crippen molar-refractivity contribution in [3.05, 3.63) is 102 Å². The van der Waals surface area contributed by atoms with Crippen molar-refractivity contribution in [1.82, 2.24) is 5.32 Å². The highest BCUT2D eigenvalue weighted by molar-refractivity contribution is 5.79. The first-order valence-electron chi connectivity index (χ1n) is 8.87. The monoisotopic (exact) mass is 345 g/mol. The minimum Gasteiger partial charge on any atom is -0.508 e. The van der Waals surface area contributed by atoms with Gasteiger partial charge in [0.25, 0.3) is 0 Å². The SMILES string of the molecule is O=C(Cc1ccccc1O)NCCC(c1ccccc1)c1ccccc1. The van der Waals surface area contributed by atoms with E-state index < -0.39 is 0 Å². The molecule has 0 radical (unpaired) electrons. The molecule has 3 heteroatoms. The topological polar surface area (TPSA) is 49.3 Å². The van der Waals surface area contributed by atoms with E-state index in [2.05, 4.69) is 29.6 Å². The van der Waals surface area contributed by atoms with Crippen LogP contribution in [0.25, 0.3) is 0 Å². The summed E-state index contributed by atoms with van der Waals surface area (Å²) in [5.74, 6) is 0.322. The first-order valence-corrected chi connectivity index (χ1v) is 8.87. The number of phenols is 1. The Morgan fingerprint density at radius 3 is 1.92 bits per heavy atom. The average Bonchev–Trinajstić information content (AvgIpc) is 2.68. The molecule has 0 heterocycles. The molecule has 0 aliphatic heterocycles. The van der Waals surface area contributed by atoms with Crippen LogP contribution in [0.15, 0.2) is 84.9 Å². The van der Waals surface area contributed by atoms with Crippen molar-refractivity contribution in [3.63, 3.8) is 0 Å². The molecule has 2 N–H and O–H groups in total. The van der Waals surface area contributed by atoms with E-state index in [1.54, 1.807) is 18.2 Å². The van der Waals surface area contributed by atoms with E-state index >= 15 is 0 Å². The lowest BCUT2D eigenvalue weighted by molar-refractivity contribution is -0.120. The standard InChI is InChI=1S/C23H23NO2/c25-22-14-8-7-13-20(22)17-23(26)24-16-15-21(18-9-3-1-4-10-18)19-11-5-2-6-12-19/h1-14,21,25H,15-17H2,(H,24,26). The molecule has 0 fully saturated rings. The van der Waals surface area contributed by atoms with E-state index in [1.807, 2.05) is 42.5 Å². The van der Waals surface area contributed by atoms with Gasteiger partial charge in [0.05, 0.1) is 6.42 Å². The van der Waals surface area contributed by atoms with Crippen molar-refractivity contribution in [2.45, 2.75) is 18.8 Å². The fourth-order valence-corrected chi connectivity index (χ4v) is 3.15. The van der Waals surface area contributed by atoms with Crippen molar-refractivity contribution >= 4 is 5.91 Å². The van der Waals surface area contributed by atoms with E-state index in [9.17, 15) is 9.90 Å². The van der Waals surface area contributed by atoms with Crippen LogP contribution in [0.1, 0.15) is 29.0 Å². The second kappa shape index (κ2) is 8.86. The van der Waals surface area contributed by atoms with Gasteiger partial charge >= 0.3 is 0 Å². The van der Waals surface area contributed by atoms with E-state index in [1.165, 1.54) is 11.1 Å². The maximum Gasteiger partial charge on any atom is 0.224 e. The highest BCUT2D eigenvalue weighted by Gasteiger charge is 2.14. The number of hydrogen-bond donors (Lipinski definition) is 2. The van der Waals surface area contributed by atoms with Crippen LogP contribution in [0.5, 0.6) is 5.75 Å². The third kappa shape index (κ3) is 4.73. The molecule has 0 aliphatic rings. The number of aromatic hydroxyl groups is 1. The highest BCUT2D eigenvalue weighted by Crippen LogP contribution is 2.27. The third-order valence-corrected chi connectivity index (χ3v) is 4.50. The molecule has 3 nitrogen and oxygen atoms in total. The van der Waals surface area contributed by atoms with Gasteiger partial charge in [-0.3, -0.25) is 4.79 Å². The Morgan fingerprint density at radius 1 is 0.808 bits per heavy atom. The molecule has 3 aromatic carbocycles. The quantitative estimate of drug-likeness (QED) is 0.672. The van der Waals surface area contributed by atoms with Crippen LogP contribution in [0.2, 0.25) is 0 Å². The molecule has 3 rings (SSSR count). The molecule has 0 bridgehead atoms. The minimum absolute atomic E-state index is 0.0774. The summed E-state index contributed by atoms with van der Waals surface area (Å²) in [4.78, 5) is 12.2. The lowest BCUT2D eigenvalue weighted by Crippen LogP contribution is -2.27. The summed E-state index contributed by atoms with van der Waals surface area (Å²) in [5.41, 5.74) is 3.13. The van der Waals surface area contributed by atoms with Crippen LogP contribution < -0.4 is 5.32 Å². The van der Waals surface area contributed by atoms with E-state index in [-0.39, 0.29) is 24.0 Å². The number of carbonyl (C=O) groups is 1. The lowest BCUT2D eigenvalue weighted by Gasteiger charge is -2.18. The van der Waals surface area contributed by atoms with Crippen molar-refractivity contribution < 1.29 is 9.90 Å². The zero-order valence-electron chi connectivity index (χ0n) is 14.6. The lowest BCUT2D eigenvalue weighted by atomic mass is 9.88. The van der Waals surface area contributed by atoms with Crippen molar-refractivity contribution in [2.75, 3.05) is 6.54 Å². The van der Waals surface area contributed by atoms with Gasteiger partial charge in [0, 0.05) is 18.0 Å². The molecule has 0 saturated carbocycles. The molecule has 0 aliphatic carbocycles. The Morgan fingerprint density at radius 2 is 1.35 bits per heavy atom. The molecule has 26 heavy (non-hydrogen) atoms. The molecule has 0 saturated heterocycles. The Bertz CT molecular complexity index is 792.